The van der Waals surface area contributed by atoms with Gasteiger partial charge in [0.05, 0.1) is 16.4 Å². The molecule has 2 aliphatic rings. The largest absolute Gasteiger partial charge is 0.340 e. The van der Waals surface area contributed by atoms with E-state index in [9.17, 15) is 13.2 Å². The van der Waals surface area contributed by atoms with Gasteiger partial charge in [0.15, 0.2) is 5.82 Å². The minimum Gasteiger partial charge on any atom is -0.340 e. The maximum absolute atomic E-state index is 12.8. The summed E-state index contributed by atoms with van der Waals surface area (Å²) in [6.07, 6.45) is 3.79. The second-order valence-electron chi connectivity index (χ2n) is 7.62. The highest BCUT2D eigenvalue weighted by Gasteiger charge is 2.40. The van der Waals surface area contributed by atoms with E-state index in [0.717, 1.165) is 37.0 Å². The van der Waals surface area contributed by atoms with Crippen molar-refractivity contribution in [1.29, 1.82) is 0 Å². The Bertz CT molecular complexity index is 1010. The van der Waals surface area contributed by atoms with Gasteiger partial charge in [-0.3, -0.25) is 10.1 Å². The van der Waals surface area contributed by atoms with Gasteiger partial charge in [0.2, 0.25) is 11.8 Å². The molecule has 0 atom stereocenters. The van der Waals surface area contributed by atoms with E-state index in [1.807, 2.05) is 0 Å². The third-order valence-electron chi connectivity index (χ3n) is 5.72. The van der Waals surface area contributed by atoms with E-state index >= 15 is 0 Å². The van der Waals surface area contributed by atoms with Gasteiger partial charge in [0, 0.05) is 33.1 Å². The van der Waals surface area contributed by atoms with E-state index in [0.29, 0.717) is 29.1 Å². The van der Waals surface area contributed by atoms with E-state index in [2.05, 4.69) is 15.5 Å². The van der Waals surface area contributed by atoms with E-state index < -0.39 is 15.6 Å². The monoisotopic (exact) mass is 473 g/mol. The zero-order valence-corrected chi connectivity index (χ0v) is 19.0. The molecule has 1 amide bonds. The molecule has 0 radical (unpaired) electrons. The summed E-state index contributed by atoms with van der Waals surface area (Å²) < 4.78 is 32.6. The predicted molar refractivity (Wildman–Crippen MR) is 112 cm³/mol. The minimum atomic E-state index is -3.57. The zero-order chi connectivity index (χ0) is 21.4. The molecule has 2 fully saturated rings. The summed E-state index contributed by atoms with van der Waals surface area (Å²) in [5.74, 6) is 1.06. The maximum Gasteiger partial charge on any atom is 0.252 e. The SMILES string of the molecule is Cc1nc(C2(NCC(=O)N3CCN(S(=O)(=O)c4ccc(Cl)s4)CC3)CCCC2)no1. The van der Waals surface area contributed by atoms with Crippen molar-refractivity contribution in [2.24, 2.45) is 0 Å². The van der Waals surface area contributed by atoms with Gasteiger partial charge < -0.3 is 9.42 Å². The number of aromatic nitrogens is 2. The Labute approximate surface area is 184 Å². The molecule has 3 heterocycles. The van der Waals surface area contributed by atoms with Crippen molar-refractivity contribution in [3.05, 3.63) is 28.2 Å². The molecule has 1 aliphatic carbocycles. The Kier molecular flexibility index (Phi) is 6.18. The molecule has 2 aromatic rings. The smallest absolute Gasteiger partial charge is 0.252 e. The molecular weight excluding hydrogens is 450 g/mol. The number of sulfonamides is 1. The average Bonchev–Trinajstić information content (AvgIpc) is 3.48. The van der Waals surface area contributed by atoms with Crippen molar-refractivity contribution >= 4 is 38.9 Å². The first-order chi connectivity index (χ1) is 14.3. The van der Waals surface area contributed by atoms with Crippen LogP contribution in [-0.4, -0.2) is 66.4 Å². The molecule has 1 saturated carbocycles. The number of hydrogen-bond acceptors (Lipinski definition) is 8. The standard InChI is InChI=1S/C18H24ClN5O4S2/c1-13-21-17(22-28-13)18(6-2-3-7-18)20-12-15(25)23-8-10-24(11-9-23)30(26,27)16-5-4-14(19)29-16/h4-5,20H,2-3,6-12H2,1H3. The van der Waals surface area contributed by atoms with E-state index in [4.69, 9.17) is 16.1 Å². The van der Waals surface area contributed by atoms with Crippen molar-refractivity contribution in [2.45, 2.75) is 42.4 Å². The van der Waals surface area contributed by atoms with Crippen molar-refractivity contribution in [3.8, 4) is 0 Å². The number of halogens is 1. The molecule has 0 bridgehead atoms. The van der Waals surface area contributed by atoms with Crippen LogP contribution in [0.3, 0.4) is 0 Å². The number of nitrogens with zero attached hydrogens (tertiary/aromatic N) is 4. The number of aryl methyl sites for hydroxylation is 1. The zero-order valence-electron chi connectivity index (χ0n) is 16.6. The number of piperazine rings is 1. The van der Waals surface area contributed by atoms with E-state index in [-0.39, 0.29) is 29.8 Å². The molecule has 1 aliphatic heterocycles. The highest BCUT2D eigenvalue weighted by Crippen LogP contribution is 2.37. The van der Waals surface area contributed by atoms with Crippen LogP contribution in [0.2, 0.25) is 4.34 Å². The Balaban J connectivity index is 1.34. The Morgan fingerprint density at radius 2 is 1.97 bits per heavy atom. The number of thiophene rings is 1. The highest BCUT2D eigenvalue weighted by atomic mass is 35.5. The summed E-state index contributed by atoms with van der Waals surface area (Å²) in [5, 5.41) is 7.44. The number of carbonyl (C=O) groups is 1. The van der Waals surface area contributed by atoms with Crippen LogP contribution in [0.1, 0.15) is 37.4 Å². The van der Waals surface area contributed by atoms with Gasteiger partial charge in [-0.25, -0.2) is 8.42 Å². The minimum absolute atomic E-state index is 0.0577. The Hall–Kier alpha value is -1.53. The molecule has 0 unspecified atom stereocenters. The number of nitrogens with one attached hydrogen (secondary N) is 1. The first-order valence-electron chi connectivity index (χ1n) is 9.89. The van der Waals surface area contributed by atoms with Crippen molar-refractivity contribution < 1.29 is 17.7 Å². The molecule has 164 valence electrons. The fourth-order valence-corrected chi connectivity index (χ4v) is 7.11. The molecule has 0 spiro atoms. The first-order valence-corrected chi connectivity index (χ1v) is 12.5. The van der Waals surface area contributed by atoms with Crippen molar-refractivity contribution in [2.75, 3.05) is 32.7 Å². The lowest BCUT2D eigenvalue weighted by molar-refractivity contribution is -0.131. The summed E-state index contributed by atoms with van der Waals surface area (Å²) in [6.45, 7) is 3.14. The van der Waals surface area contributed by atoms with Crippen LogP contribution in [0, 0.1) is 6.92 Å². The third-order valence-corrected chi connectivity index (χ3v) is 9.32. The second-order valence-corrected chi connectivity index (χ2v) is 11.5. The molecule has 2 aromatic heterocycles. The molecule has 30 heavy (non-hydrogen) atoms. The summed E-state index contributed by atoms with van der Waals surface area (Å²) in [5.41, 5.74) is -0.434. The number of rotatable bonds is 6. The van der Waals surface area contributed by atoms with Crippen LogP contribution in [-0.2, 0) is 20.4 Å². The van der Waals surface area contributed by atoms with Gasteiger partial charge in [0.1, 0.15) is 4.21 Å². The van der Waals surface area contributed by atoms with Crippen LogP contribution in [0.15, 0.2) is 20.9 Å². The van der Waals surface area contributed by atoms with Crippen LogP contribution in [0.5, 0.6) is 0 Å². The quantitative estimate of drug-likeness (QED) is 0.683. The summed E-state index contributed by atoms with van der Waals surface area (Å²) in [7, 11) is -3.57. The lowest BCUT2D eigenvalue weighted by Gasteiger charge is -2.35. The number of amides is 1. The van der Waals surface area contributed by atoms with Gasteiger partial charge in [-0.15, -0.1) is 11.3 Å². The fraction of sp³-hybridized carbons (Fsp3) is 0.611. The number of carbonyl (C=O) groups excluding carboxylic acids is 1. The van der Waals surface area contributed by atoms with Gasteiger partial charge in [-0.05, 0) is 25.0 Å². The first kappa shape index (κ1) is 21.7. The summed E-state index contributed by atoms with van der Waals surface area (Å²) in [6, 6.07) is 3.10. The predicted octanol–water partition coefficient (Wildman–Crippen LogP) is 1.98. The summed E-state index contributed by atoms with van der Waals surface area (Å²) in [4.78, 5) is 18.9. The topological polar surface area (TPSA) is 109 Å². The van der Waals surface area contributed by atoms with Crippen molar-refractivity contribution in [1.82, 2.24) is 24.7 Å². The van der Waals surface area contributed by atoms with Crippen molar-refractivity contribution in [3.63, 3.8) is 0 Å². The summed E-state index contributed by atoms with van der Waals surface area (Å²) >= 11 is 6.92. The molecule has 12 heteroatoms. The average molecular weight is 474 g/mol. The van der Waals surface area contributed by atoms with E-state index in [1.54, 1.807) is 17.9 Å². The maximum atomic E-state index is 12.8. The number of hydrogen-bond donors (Lipinski definition) is 1. The van der Waals surface area contributed by atoms with Crippen LogP contribution >= 0.6 is 22.9 Å². The third kappa shape index (κ3) is 4.26. The van der Waals surface area contributed by atoms with Gasteiger partial charge >= 0.3 is 0 Å². The molecular formula is C18H24ClN5O4S2. The molecule has 4 rings (SSSR count). The van der Waals surface area contributed by atoms with Crippen LogP contribution in [0.25, 0.3) is 0 Å². The van der Waals surface area contributed by atoms with Crippen LogP contribution < -0.4 is 5.32 Å². The molecule has 1 saturated heterocycles. The highest BCUT2D eigenvalue weighted by molar-refractivity contribution is 7.91. The van der Waals surface area contributed by atoms with Gasteiger partial charge in [0.25, 0.3) is 10.0 Å². The Morgan fingerprint density at radius 3 is 2.53 bits per heavy atom. The fourth-order valence-electron chi connectivity index (χ4n) is 4.05. The lowest BCUT2D eigenvalue weighted by Crippen LogP contribution is -2.53. The van der Waals surface area contributed by atoms with Gasteiger partial charge in [-0.1, -0.05) is 29.6 Å². The molecule has 0 aromatic carbocycles. The lowest BCUT2D eigenvalue weighted by atomic mass is 9.96. The van der Waals surface area contributed by atoms with Crippen LogP contribution in [0.4, 0.5) is 0 Å². The molecule has 1 N–H and O–H groups in total. The van der Waals surface area contributed by atoms with Gasteiger partial charge in [-0.2, -0.15) is 9.29 Å². The van der Waals surface area contributed by atoms with E-state index in [1.165, 1.54) is 10.4 Å². The molecule has 9 nitrogen and oxygen atoms in total. The second kappa shape index (κ2) is 8.54. The normalized spacial score (nSPS) is 20.0. The Morgan fingerprint density at radius 1 is 1.27 bits per heavy atom.